The minimum atomic E-state index is -0.211. The Morgan fingerprint density at radius 1 is 1.19 bits per heavy atom. The van der Waals surface area contributed by atoms with Crippen molar-refractivity contribution in [1.82, 2.24) is 10.3 Å². The number of nitrogens with zero attached hydrogens (tertiary/aromatic N) is 1. The maximum atomic E-state index is 11.8. The molecule has 0 atom stereocenters. The van der Waals surface area contributed by atoms with Gasteiger partial charge in [-0.1, -0.05) is 6.07 Å². The molecule has 21 heavy (non-hydrogen) atoms. The number of hydrogen-bond donors (Lipinski definition) is 2. The fraction of sp³-hybridized carbons (Fsp3) is 0.0667. The Hall–Kier alpha value is -2.18. The Morgan fingerprint density at radius 2 is 2.14 bits per heavy atom. The van der Waals surface area contributed by atoms with E-state index >= 15 is 0 Å². The minimum Gasteiger partial charge on any atom is -0.334 e. The van der Waals surface area contributed by atoms with Crippen molar-refractivity contribution in [1.29, 1.82) is 0 Å². The van der Waals surface area contributed by atoms with Crippen LogP contribution in [-0.2, 0) is 6.54 Å². The number of thiophene rings is 2. The summed E-state index contributed by atoms with van der Waals surface area (Å²) in [7, 11) is 0. The van der Waals surface area contributed by atoms with E-state index in [4.69, 9.17) is 0 Å². The van der Waals surface area contributed by atoms with Crippen LogP contribution in [0.2, 0.25) is 0 Å². The highest BCUT2D eigenvalue weighted by Gasteiger charge is 2.08. The summed E-state index contributed by atoms with van der Waals surface area (Å²) in [6.07, 6.45) is 1.77. The first-order valence-corrected chi connectivity index (χ1v) is 8.20. The molecule has 0 aliphatic carbocycles. The zero-order valence-electron chi connectivity index (χ0n) is 11.1. The van der Waals surface area contributed by atoms with Crippen LogP contribution in [0.1, 0.15) is 5.56 Å². The number of aromatic nitrogens is 1. The molecule has 3 heterocycles. The van der Waals surface area contributed by atoms with Gasteiger partial charge >= 0.3 is 6.03 Å². The molecule has 6 heteroatoms. The van der Waals surface area contributed by atoms with Crippen molar-refractivity contribution in [2.75, 3.05) is 5.32 Å². The van der Waals surface area contributed by atoms with Gasteiger partial charge in [0.2, 0.25) is 0 Å². The monoisotopic (exact) mass is 315 g/mol. The molecule has 0 radical (unpaired) electrons. The Balaban J connectivity index is 1.67. The summed E-state index contributed by atoms with van der Waals surface area (Å²) in [5.41, 5.74) is 2.99. The third kappa shape index (κ3) is 3.48. The van der Waals surface area contributed by atoms with Crippen molar-refractivity contribution in [2.24, 2.45) is 0 Å². The smallest absolute Gasteiger partial charge is 0.320 e. The zero-order valence-corrected chi connectivity index (χ0v) is 12.7. The average molecular weight is 315 g/mol. The molecule has 2 N–H and O–H groups in total. The summed E-state index contributed by atoms with van der Waals surface area (Å²) >= 11 is 3.12. The second-order valence-electron chi connectivity index (χ2n) is 4.31. The van der Waals surface area contributed by atoms with E-state index in [1.54, 1.807) is 17.5 Å². The van der Waals surface area contributed by atoms with Gasteiger partial charge < -0.3 is 5.32 Å². The van der Waals surface area contributed by atoms with Crippen LogP contribution in [0.4, 0.5) is 9.80 Å². The summed E-state index contributed by atoms with van der Waals surface area (Å²) in [5.74, 6) is 0. The third-order valence-electron chi connectivity index (χ3n) is 2.88. The standard InChI is InChI=1S/C15H13N3OS2/c19-15(18-13-4-2-7-21-13)17-9-11-3-1-6-16-14(11)12-5-8-20-10-12/h1-8,10H,9H2,(H2,17,18,19). The molecular formula is C15H13N3OS2. The van der Waals surface area contributed by atoms with Gasteiger partial charge in [-0.25, -0.2) is 4.79 Å². The van der Waals surface area contributed by atoms with Gasteiger partial charge in [0.1, 0.15) is 0 Å². The molecule has 0 aliphatic heterocycles. The Kier molecular flexibility index (Phi) is 4.28. The minimum absolute atomic E-state index is 0.211. The van der Waals surface area contributed by atoms with Crippen LogP contribution in [-0.4, -0.2) is 11.0 Å². The third-order valence-corrected chi connectivity index (χ3v) is 4.35. The predicted molar refractivity (Wildman–Crippen MR) is 87.7 cm³/mol. The normalized spacial score (nSPS) is 10.3. The maximum absolute atomic E-state index is 11.8. The van der Waals surface area contributed by atoms with Crippen LogP contribution >= 0.6 is 22.7 Å². The molecule has 0 aliphatic rings. The van der Waals surface area contributed by atoms with Gasteiger partial charge in [-0.15, -0.1) is 11.3 Å². The molecule has 0 saturated carbocycles. The van der Waals surface area contributed by atoms with E-state index in [0.29, 0.717) is 6.54 Å². The lowest BCUT2D eigenvalue weighted by Crippen LogP contribution is -2.28. The average Bonchev–Trinajstić information content (AvgIpc) is 3.18. The molecule has 2 amide bonds. The molecule has 0 saturated heterocycles. The van der Waals surface area contributed by atoms with Crippen molar-refractivity contribution in [2.45, 2.75) is 6.54 Å². The van der Waals surface area contributed by atoms with E-state index in [9.17, 15) is 4.79 Å². The highest BCUT2D eigenvalue weighted by Crippen LogP contribution is 2.23. The van der Waals surface area contributed by atoms with Crippen LogP contribution in [0.15, 0.2) is 52.7 Å². The Bertz CT molecular complexity index is 708. The van der Waals surface area contributed by atoms with Gasteiger partial charge in [-0.05, 0) is 40.6 Å². The fourth-order valence-electron chi connectivity index (χ4n) is 1.92. The second-order valence-corrected chi connectivity index (χ2v) is 6.04. The number of amides is 2. The van der Waals surface area contributed by atoms with E-state index in [1.165, 1.54) is 11.3 Å². The van der Waals surface area contributed by atoms with Gasteiger partial charge in [0.15, 0.2) is 0 Å². The van der Waals surface area contributed by atoms with Crippen molar-refractivity contribution in [3.05, 3.63) is 58.2 Å². The van der Waals surface area contributed by atoms with Crippen LogP contribution in [0.25, 0.3) is 11.3 Å². The van der Waals surface area contributed by atoms with Gasteiger partial charge in [-0.2, -0.15) is 11.3 Å². The van der Waals surface area contributed by atoms with Crippen LogP contribution < -0.4 is 10.6 Å². The number of carbonyl (C=O) groups is 1. The number of anilines is 1. The van der Waals surface area contributed by atoms with Gasteiger partial charge in [0, 0.05) is 23.7 Å². The molecule has 0 spiro atoms. The molecule has 3 aromatic heterocycles. The molecule has 0 aromatic carbocycles. The first-order chi connectivity index (χ1) is 10.3. The van der Waals surface area contributed by atoms with Crippen molar-refractivity contribution < 1.29 is 4.79 Å². The van der Waals surface area contributed by atoms with Crippen molar-refractivity contribution >= 4 is 33.7 Å². The van der Waals surface area contributed by atoms with E-state index < -0.39 is 0 Å². The topological polar surface area (TPSA) is 54.0 Å². The Morgan fingerprint density at radius 3 is 2.90 bits per heavy atom. The number of carbonyl (C=O) groups excluding carboxylic acids is 1. The molecule has 0 fully saturated rings. The summed E-state index contributed by atoms with van der Waals surface area (Å²) in [6.45, 7) is 0.441. The number of urea groups is 1. The quantitative estimate of drug-likeness (QED) is 0.758. The molecule has 3 rings (SSSR count). The maximum Gasteiger partial charge on any atom is 0.320 e. The van der Waals surface area contributed by atoms with Crippen LogP contribution in [0, 0.1) is 0 Å². The first kappa shape index (κ1) is 13.8. The lowest BCUT2D eigenvalue weighted by atomic mass is 10.1. The largest absolute Gasteiger partial charge is 0.334 e. The van der Waals surface area contributed by atoms with Gasteiger partial charge in [0.25, 0.3) is 0 Å². The first-order valence-electron chi connectivity index (χ1n) is 6.38. The Labute approximate surface area is 130 Å². The zero-order chi connectivity index (χ0) is 14.5. The molecular weight excluding hydrogens is 302 g/mol. The van der Waals surface area contributed by atoms with Crippen LogP contribution in [0.3, 0.4) is 0 Å². The van der Waals surface area contributed by atoms with Crippen LogP contribution in [0.5, 0.6) is 0 Å². The van der Waals surface area contributed by atoms with E-state index in [2.05, 4.69) is 21.0 Å². The fourth-order valence-corrected chi connectivity index (χ4v) is 3.17. The number of hydrogen-bond acceptors (Lipinski definition) is 4. The molecule has 4 nitrogen and oxygen atoms in total. The number of nitrogens with one attached hydrogen (secondary N) is 2. The van der Waals surface area contributed by atoms with Gasteiger partial charge in [-0.3, -0.25) is 10.3 Å². The molecule has 0 bridgehead atoms. The molecule has 3 aromatic rings. The predicted octanol–water partition coefficient (Wildman–Crippen LogP) is 4.19. The number of pyridine rings is 1. The van der Waals surface area contributed by atoms with E-state index in [1.807, 2.05) is 41.1 Å². The van der Waals surface area contributed by atoms with E-state index in [0.717, 1.165) is 21.8 Å². The summed E-state index contributed by atoms with van der Waals surface area (Å²) < 4.78 is 0. The highest BCUT2D eigenvalue weighted by atomic mass is 32.1. The second kappa shape index (κ2) is 6.51. The number of rotatable bonds is 4. The summed E-state index contributed by atoms with van der Waals surface area (Å²) in [6, 6.07) is 9.44. The summed E-state index contributed by atoms with van der Waals surface area (Å²) in [5, 5.41) is 12.5. The van der Waals surface area contributed by atoms with Gasteiger partial charge in [0.05, 0.1) is 10.7 Å². The SMILES string of the molecule is O=C(NCc1cccnc1-c1ccsc1)Nc1cccs1. The van der Waals surface area contributed by atoms with Crippen molar-refractivity contribution in [3.63, 3.8) is 0 Å². The molecule has 0 unspecified atom stereocenters. The summed E-state index contributed by atoms with van der Waals surface area (Å²) in [4.78, 5) is 16.3. The molecule has 106 valence electrons. The highest BCUT2D eigenvalue weighted by molar-refractivity contribution is 7.14. The van der Waals surface area contributed by atoms with E-state index in [-0.39, 0.29) is 6.03 Å². The van der Waals surface area contributed by atoms with Crippen molar-refractivity contribution in [3.8, 4) is 11.3 Å². The lowest BCUT2D eigenvalue weighted by Gasteiger charge is -2.09. The lowest BCUT2D eigenvalue weighted by molar-refractivity contribution is 0.252.